The minimum Gasteiger partial charge on any atom is -0.456 e. The van der Waals surface area contributed by atoms with Gasteiger partial charge in [-0.25, -0.2) is 9.48 Å². The summed E-state index contributed by atoms with van der Waals surface area (Å²) in [4.78, 5) is 55.0. The minimum atomic E-state index is -0.897. The maximum absolute atomic E-state index is 13.1. The first-order chi connectivity index (χ1) is 17.1. The summed E-state index contributed by atoms with van der Waals surface area (Å²) in [6.07, 6.45) is -0.897. The summed E-state index contributed by atoms with van der Waals surface area (Å²) in [5, 5.41) is 24.9. The smallest absolute Gasteiger partial charge is 0.356 e. The molecule has 4 atom stereocenters. The van der Waals surface area contributed by atoms with Crippen LogP contribution in [0.5, 0.6) is 0 Å². The van der Waals surface area contributed by atoms with E-state index in [-0.39, 0.29) is 35.6 Å². The summed E-state index contributed by atoms with van der Waals surface area (Å²) in [5.74, 6) is -2.59. The highest BCUT2D eigenvalue weighted by atomic mass is 32.2. The van der Waals surface area contributed by atoms with Crippen molar-refractivity contribution < 1.29 is 29.2 Å². The van der Waals surface area contributed by atoms with Crippen LogP contribution in [0.15, 0.2) is 45.4 Å². The molecule has 1 saturated heterocycles. The number of nitro benzene ring substituents is 1. The lowest BCUT2D eigenvalue weighted by molar-refractivity contribution is -0.384. The standard InChI is InChI=1S/C22H23N5O7S2/c1-11-17-16(12(2)28)20(30)26(17)18(19(11)35-9-15(29)24-22-25(3)23-10-36-22)21(31)34-8-13-4-6-14(7-5-13)27(32)33/h4-7,10-12,16-17,28H,8-9H2,1-3H3/t11-,12-,16-,17-/m1/s1. The van der Waals surface area contributed by atoms with Gasteiger partial charge in [0.2, 0.25) is 10.7 Å². The number of hydrogen-bond donors (Lipinski definition) is 1. The first-order valence-electron chi connectivity index (χ1n) is 10.9. The Kier molecular flexibility index (Phi) is 7.38. The number of aromatic nitrogens is 2. The Morgan fingerprint density at radius 3 is 2.64 bits per heavy atom. The van der Waals surface area contributed by atoms with Gasteiger partial charge in [0, 0.05) is 30.0 Å². The first kappa shape index (κ1) is 25.7. The SMILES string of the molecule is C[C@@H](O)[C@H]1C(=O)N2C(C(=O)OCc3ccc([N+](=O)[O-])cc3)=C(SCC(=O)N=c3scnn3C)[C@H](C)[C@H]12. The molecule has 2 aliphatic heterocycles. The Labute approximate surface area is 213 Å². The number of rotatable bonds is 8. The molecule has 0 unspecified atom stereocenters. The number of β-lactam (4-membered cyclic amide) rings is 1. The molecular formula is C22H23N5O7S2. The fourth-order valence-electron chi connectivity index (χ4n) is 4.28. The van der Waals surface area contributed by atoms with E-state index in [1.54, 1.807) is 12.6 Å². The van der Waals surface area contributed by atoms with E-state index < -0.39 is 34.9 Å². The summed E-state index contributed by atoms with van der Waals surface area (Å²) in [6, 6.07) is 5.15. The zero-order valence-electron chi connectivity index (χ0n) is 19.6. The van der Waals surface area contributed by atoms with Gasteiger partial charge in [0.1, 0.15) is 17.8 Å². The number of benzene rings is 1. The number of aliphatic hydroxyl groups excluding tert-OH is 1. The Balaban J connectivity index is 1.54. The van der Waals surface area contributed by atoms with E-state index in [1.807, 2.05) is 6.92 Å². The second-order valence-electron chi connectivity index (χ2n) is 8.41. The Morgan fingerprint density at radius 1 is 1.36 bits per heavy atom. The number of thioether (sulfide) groups is 1. The van der Waals surface area contributed by atoms with Gasteiger partial charge >= 0.3 is 5.97 Å². The number of esters is 1. The average molecular weight is 534 g/mol. The van der Waals surface area contributed by atoms with E-state index in [0.29, 0.717) is 15.3 Å². The number of nitrogens with zero attached hydrogens (tertiary/aromatic N) is 5. The van der Waals surface area contributed by atoms with Crippen molar-refractivity contribution in [2.24, 2.45) is 23.9 Å². The molecule has 4 rings (SSSR count). The largest absolute Gasteiger partial charge is 0.456 e. The molecule has 2 amide bonds. The zero-order valence-corrected chi connectivity index (χ0v) is 21.2. The van der Waals surface area contributed by atoms with Crippen LogP contribution in [0.3, 0.4) is 0 Å². The van der Waals surface area contributed by atoms with Crippen molar-refractivity contribution in [3.05, 3.63) is 60.9 Å². The molecule has 190 valence electrons. The molecule has 1 fully saturated rings. The van der Waals surface area contributed by atoms with E-state index in [9.17, 15) is 29.6 Å². The lowest BCUT2D eigenvalue weighted by Crippen LogP contribution is -2.63. The highest BCUT2D eigenvalue weighted by Gasteiger charge is 2.60. The molecule has 2 aliphatic rings. The van der Waals surface area contributed by atoms with Crippen LogP contribution in [0.25, 0.3) is 0 Å². The van der Waals surface area contributed by atoms with Gasteiger partial charge in [0.15, 0.2) is 0 Å². The van der Waals surface area contributed by atoms with Crippen molar-refractivity contribution in [2.45, 2.75) is 32.6 Å². The maximum atomic E-state index is 13.1. The predicted octanol–water partition coefficient (Wildman–Crippen LogP) is 1.36. The number of aryl methyl sites for hydroxylation is 1. The molecule has 3 heterocycles. The predicted molar refractivity (Wildman–Crippen MR) is 129 cm³/mol. The van der Waals surface area contributed by atoms with Crippen LogP contribution in [0.2, 0.25) is 0 Å². The van der Waals surface area contributed by atoms with Crippen LogP contribution in [0.1, 0.15) is 19.4 Å². The lowest BCUT2D eigenvalue weighted by Gasteiger charge is -2.46. The van der Waals surface area contributed by atoms with Gasteiger partial charge in [0.05, 0.1) is 28.7 Å². The lowest BCUT2D eigenvalue weighted by atomic mass is 9.79. The fraction of sp³-hybridized carbons (Fsp3) is 0.409. The fourth-order valence-corrected chi connectivity index (χ4v) is 5.98. The Bertz CT molecular complexity index is 1310. The van der Waals surface area contributed by atoms with Gasteiger partial charge in [-0.15, -0.1) is 11.8 Å². The van der Waals surface area contributed by atoms with Crippen LogP contribution in [-0.2, 0) is 32.8 Å². The van der Waals surface area contributed by atoms with E-state index in [0.717, 1.165) is 11.8 Å². The number of carbonyl (C=O) groups excluding carboxylic acids is 3. The normalized spacial score (nSPS) is 22.3. The molecule has 0 spiro atoms. The Morgan fingerprint density at radius 2 is 2.06 bits per heavy atom. The van der Waals surface area contributed by atoms with E-state index >= 15 is 0 Å². The first-order valence-corrected chi connectivity index (χ1v) is 12.8. The van der Waals surface area contributed by atoms with Gasteiger partial charge < -0.3 is 14.7 Å². The van der Waals surface area contributed by atoms with Crippen molar-refractivity contribution in [3.8, 4) is 0 Å². The quantitative estimate of drug-likeness (QED) is 0.229. The molecule has 12 nitrogen and oxygen atoms in total. The third-order valence-electron chi connectivity index (χ3n) is 6.05. The second-order valence-corrected chi connectivity index (χ2v) is 10.2. The highest BCUT2D eigenvalue weighted by molar-refractivity contribution is 8.03. The molecule has 0 bridgehead atoms. The monoisotopic (exact) mass is 533 g/mol. The molecule has 1 N–H and O–H groups in total. The summed E-state index contributed by atoms with van der Waals surface area (Å²) in [6.45, 7) is 3.21. The van der Waals surface area contributed by atoms with Crippen molar-refractivity contribution in [1.82, 2.24) is 14.7 Å². The number of hydrogen-bond acceptors (Lipinski definition) is 10. The zero-order chi connectivity index (χ0) is 26.1. The number of nitro groups is 1. The summed E-state index contributed by atoms with van der Waals surface area (Å²) in [5.41, 5.74) is 2.07. The molecular weight excluding hydrogens is 510 g/mol. The third-order valence-corrected chi connectivity index (χ3v) is 8.08. The van der Waals surface area contributed by atoms with Crippen LogP contribution < -0.4 is 4.80 Å². The van der Waals surface area contributed by atoms with Crippen molar-refractivity contribution >= 4 is 46.6 Å². The number of non-ortho nitro benzene ring substituents is 1. The average Bonchev–Trinajstić information content (AvgIpc) is 3.34. The van der Waals surface area contributed by atoms with Crippen molar-refractivity contribution in [2.75, 3.05) is 5.75 Å². The van der Waals surface area contributed by atoms with Gasteiger partial charge in [-0.1, -0.05) is 18.3 Å². The van der Waals surface area contributed by atoms with Gasteiger partial charge in [0.25, 0.3) is 11.6 Å². The van der Waals surface area contributed by atoms with Gasteiger partial charge in [-0.05, 0) is 24.6 Å². The van der Waals surface area contributed by atoms with Crippen LogP contribution >= 0.6 is 23.1 Å². The number of aliphatic hydroxyl groups is 1. The summed E-state index contributed by atoms with van der Waals surface area (Å²) >= 11 is 2.33. The van der Waals surface area contributed by atoms with E-state index in [2.05, 4.69) is 10.1 Å². The molecule has 0 aliphatic carbocycles. The maximum Gasteiger partial charge on any atom is 0.356 e. The summed E-state index contributed by atoms with van der Waals surface area (Å²) < 4.78 is 6.92. The molecule has 14 heteroatoms. The van der Waals surface area contributed by atoms with Gasteiger partial charge in [-0.3, -0.25) is 19.7 Å². The van der Waals surface area contributed by atoms with Crippen LogP contribution in [-0.4, -0.2) is 60.4 Å². The number of amides is 2. The van der Waals surface area contributed by atoms with Crippen molar-refractivity contribution in [3.63, 3.8) is 0 Å². The molecule has 0 radical (unpaired) electrons. The van der Waals surface area contributed by atoms with E-state index in [1.165, 1.54) is 52.1 Å². The number of fused-ring (bicyclic) bond motifs is 1. The van der Waals surface area contributed by atoms with Crippen LogP contribution in [0.4, 0.5) is 5.69 Å². The molecule has 36 heavy (non-hydrogen) atoms. The molecule has 0 saturated carbocycles. The highest BCUT2D eigenvalue weighted by Crippen LogP contribution is 2.50. The number of ether oxygens (including phenoxy) is 1. The Hall–Kier alpha value is -3.36. The van der Waals surface area contributed by atoms with E-state index in [4.69, 9.17) is 4.74 Å². The molecule has 1 aromatic carbocycles. The van der Waals surface area contributed by atoms with Crippen molar-refractivity contribution in [1.29, 1.82) is 0 Å². The van der Waals surface area contributed by atoms with Crippen LogP contribution in [0, 0.1) is 22.0 Å². The topological polar surface area (TPSA) is 157 Å². The molecule has 2 aromatic rings. The number of carbonyl (C=O) groups is 3. The van der Waals surface area contributed by atoms with Gasteiger partial charge in [-0.2, -0.15) is 10.1 Å². The molecule has 1 aromatic heterocycles. The summed E-state index contributed by atoms with van der Waals surface area (Å²) in [7, 11) is 1.67. The minimum absolute atomic E-state index is 0.0532. The third kappa shape index (κ3) is 4.83. The second kappa shape index (κ2) is 10.3.